The second-order valence-corrected chi connectivity index (χ2v) is 7.96. The third kappa shape index (κ3) is 3.17. The number of nitrogens with one attached hydrogen (secondary N) is 1. The lowest BCUT2D eigenvalue weighted by molar-refractivity contribution is -0.122. The van der Waals surface area contributed by atoms with Gasteiger partial charge in [0.15, 0.2) is 0 Å². The molecule has 25 heavy (non-hydrogen) atoms. The molecule has 1 amide bonds. The van der Waals surface area contributed by atoms with Gasteiger partial charge in [0.25, 0.3) is 0 Å². The summed E-state index contributed by atoms with van der Waals surface area (Å²) in [5.41, 5.74) is 0.826. The number of aliphatic hydroxyl groups is 1. The number of nitrogens with zero attached hydrogens (tertiary/aromatic N) is 1. The van der Waals surface area contributed by atoms with Crippen molar-refractivity contribution in [2.24, 2.45) is 5.41 Å². The lowest BCUT2D eigenvalue weighted by Crippen LogP contribution is -2.43. The predicted molar refractivity (Wildman–Crippen MR) is 96.8 cm³/mol. The van der Waals surface area contributed by atoms with Crippen LogP contribution in [0.1, 0.15) is 16.4 Å². The second-order valence-electron chi connectivity index (χ2n) is 6.93. The van der Waals surface area contributed by atoms with Crippen molar-refractivity contribution in [1.29, 1.82) is 0 Å². The van der Waals surface area contributed by atoms with E-state index in [1.807, 2.05) is 35.7 Å². The molecule has 0 spiro atoms. The molecule has 1 fully saturated rings. The first-order chi connectivity index (χ1) is 12.2. The first-order valence-electron chi connectivity index (χ1n) is 8.54. The van der Waals surface area contributed by atoms with Gasteiger partial charge in [-0.3, -0.25) is 9.69 Å². The summed E-state index contributed by atoms with van der Waals surface area (Å²) in [6, 6.07) is 12.0. The van der Waals surface area contributed by atoms with E-state index in [0.717, 1.165) is 22.7 Å². The molecule has 0 aliphatic carbocycles. The molecule has 1 aromatic heterocycles. The van der Waals surface area contributed by atoms with E-state index in [-0.39, 0.29) is 23.8 Å². The van der Waals surface area contributed by atoms with Gasteiger partial charge in [-0.1, -0.05) is 24.3 Å². The van der Waals surface area contributed by atoms with Crippen LogP contribution in [0.2, 0.25) is 0 Å². The van der Waals surface area contributed by atoms with Gasteiger partial charge < -0.3 is 15.2 Å². The van der Waals surface area contributed by atoms with Gasteiger partial charge in [-0.15, -0.1) is 11.3 Å². The van der Waals surface area contributed by atoms with Crippen LogP contribution in [-0.2, 0) is 11.3 Å². The molecule has 0 bridgehead atoms. The van der Waals surface area contributed by atoms with Crippen molar-refractivity contribution < 1.29 is 14.6 Å². The number of para-hydroxylation sites is 1. The summed E-state index contributed by atoms with van der Waals surface area (Å²) in [5, 5.41) is 15.0. The fourth-order valence-corrected chi connectivity index (χ4v) is 4.60. The number of carbonyl (C=O) groups is 1. The van der Waals surface area contributed by atoms with Gasteiger partial charge in [-0.25, -0.2) is 0 Å². The van der Waals surface area contributed by atoms with Crippen molar-refractivity contribution >= 4 is 17.2 Å². The van der Waals surface area contributed by atoms with Crippen molar-refractivity contribution in [3.05, 3.63) is 52.2 Å². The van der Waals surface area contributed by atoms with Gasteiger partial charge in [-0.05, 0) is 23.1 Å². The Labute approximate surface area is 151 Å². The van der Waals surface area contributed by atoms with Crippen LogP contribution in [0, 0.1) is 5.41 Å². The van der Waals surface area contributed by atoms with Crippen LogP contribution in [0.25, 0.3) is 0 Å². The number of rotatable bonds is 5. The largest absolute Gasteiger partial charge is 0.493 e. The number of hydrogen-bond donors (Lipinski definition) is 2. The highest BCUT2D eigenvalue weighted by Gasteiger charge is 2.50. The molecule has 2 atom stereocenters. The molecule has 132 valence electrons. The summed E-state index contributed by atoms with van der Waals surface area (Å²) in [4.78, 5) is 15.6. The lowest BCUT2D eigenvalue weighted by atomic mass is 9.74. The molecule has 0 unspecified atom stereocenters. The summed E-state index contributed by atoms with van der Waals surface area (Å²) < 4.78 is 5.90. The van der Waals surface area contributed by atoms with E-state index >= 15 is 0 Å². The number of hydrogen-bond acceptors (Lipinski definition) is 5. The number of thiophene rings is 1. The van der Waals surface area contributed by atoms with Crippen LogP contribution in [0.3, 0.4) is 0 Å². The normalized spacial score (nSPS) is 25.1. The highest BCUT2D eigenvalue weighted by atomic mass is 32.1. The Morgan fingerprint density at radius 3 is 3.04 bits per heavy atom. The zero-order chi connectivity index (χ0) is 17.3. The quantitative estimate of drug-likeness (QED) is 0.856. The molecule has 0 saturated carbocycles. The number of ether oxygens (including phenoxy) is 1. The minimum Gasteiger partial charge on any atom is -0.493 e. The first kappa shape index (κ1) is 16.6. The molecule has 0 radical (unpaired) electrons. The topological polar surface area (TPSA) is 61.8 Å². The van der Waals surface area contributed by atoms with E-state index < -0.39 is 0 Å². The summed E-state index contributed by atoms with van der Waals surface area (Å²) >= 11 is 1.64. The van der Waals surface area contributed by atoms with Crippen LogP contribution in [-0.4, -0.2) is 48.8 Å². The Kier molecular flexibility index (Phi) is 4.50. The average Bonchev–Trinajstić information content (AvgIpc) is 3.27. The van der Waals surface area contributed by atoms with Crippen LogP contribution in [0.15, 0.2) is 41.8 Å². The molecular weight excluding hydrogens is 336 g/mol. The Bertz CT molecular complexity index is 749. The molecule has 5 nitrogen and oxygen atoms in total. The van der Waals surface area contributed by atoms with Crippen LogP contribution < -0.4 is 10.1 Å². The van der Waals surface area contributed by atoms with Gasteiger partial charge in [0.05, 0.1) is 26.3 Å². The summed E-state index contributed by atoms with van der Waals surface area (Å²) in [6.07, 6.45) is 0. The number of fused-ring (bicyclic) bond motifs is 3. The summed E-state index contributed by atoms with van der Waals surface area (Å²) in [7, 11) is 0. The Hall–Kier alpha value is -1.89. The molecule has 1 aromatic carbocycles. The first-order valence-corrected chi connectivity index (χ1v) is 9.42. The molecule has 2 aromatic rings. The molecule has 4 rings (SSSR count). The van der Waals surface area contributed by atoms with Crippen molar-refractivity contribution in [2.75, 3.05) is 32.8 Å². The van der Waals surface area contributed by atoms with Crippen LogP contribution in [0.4, 0.5) is 0 Å². The van der Waals surface area contributed by atoms with Crippen molar-refractivity contribution in [3.63, 3.8) is 0 Å². The van der Waals surface area contributed by atoms with E-state index in [4.69, 9.17) is 4.74 Å². The summed E-state index contributed by atoms with van der Waals surface area (Å²) in [5.74, 6) is 1.13. The van der Waals surface area contributed by atoms with Crippen LogP contribution in [0.5, 0.6) is 5.75 Å². The number of carbonyl (C=O) groups excluding carboxylic acids is 1. The van der Waals surface area contributed by atoms with Crippen molar-refractivity contribution in [2.45, 2.75) is 12.5 Å². The number of likely N-dealkylation sites (tertiary alicyclic amines) is 1. The molecule has 2 aliphatic heterocycles. The molecule has 2 N–H and O–H groups in total. The zero-order valence-electron chi connectivity index (χ0n) is 14.0. The molecule has 3 heterocycles. The Morgan fingerprint density at radius 1 is 1.36 bits per heavy atom. The van der Waals surface area contributed by atoms with Crippen molar-refractivity contribution in [1.82, 2.24) is 10.2 Å². The Morgan fingerprint density at radius 2 is 2.24 bits per heavy atom. The maximum absolute atomic E-state index is 12.3. The van der Waals surface area contributed by atoms with Gasteiger partial charge in [0, 0.05) is 29.3 Å². The minimum absolute atomic E-state index is 0.0225. The lowest BCUT2D eigenvalue weighted by Gasteiger charge is -2.38. The SMILES string of the molecule is O=C(CN1C[C@H]2c3ccccc3OC[C@@]2(CO)C1)NCc1cccs1. The number of amides is 1. The number of aliphatic hydroxyl groups excluding tert-OH is 1. The summed E-state index contributed by atoms with van der Waals surface area (Å²) in [6.45, 7) is 2.94. The standard InChI is InChI=1S/C19H22N2O3S/c22-12-19-11-21(10-18(23)20-8-14-4-3-7-25-14)9-16(19)15-5-1-2-6-17(15)24-13-19/h1-7,16,22H,8-13H2,(H,20,23)/t16-,19-/m0/s1. The van der Waals surface area contributed by atoms with E-state index in [1.165, 1.54) is 0 Å². The van der Waals surface area contributed by atoms with Gasteiger partial charge in [0.1, 0.15) is 5.75 Å². The van der Waals surface area contributed by atoms with Gasteiger partial charge in [0.2, 0.25) is 5.91 Å². The fourth-order valence-electron chi connectivity index (χ4n) is 3.95. The third-order valence-electron chi connectivity index (χ3n) is 5.25. The molecule has 1 saturated heterocycles. The van der Waals surface area contributed by atoms with E-state index in [9.17, 15) is 9.90 Å². The monoisotopic (exact) mass is 358 g/mol. The predicted octanol–water partition coefficient (Wildman–Crippen LogP) is 1.83. The van der Waals surface area contributed by atoms with Gasteiger partial charge >= 0.3 is 0 Å². The van der Waals surface area contributed by atoms with Crippen LogP contribution >= 0.6 is 11.3 Å². The highest BCUT2D eigenvalue weighted by molar-refractivity contribution is 7.09. The fraction of sp³-hybridized carbons (Fsp3) is 0.421. The third-order valence-corrected chi connectivity index (χ3v) is 6.13. The zero-order valence-corrected chi connectivity index (χ0v) is 14.8. The maximum atomic E-state index is 12.3. The second kappa shape index (κ2) is 6.78. The van der Waals surface area contributed by atoms with E-state index in [1.54, 1.807) is 11.3 Å². The minimum atomic E-state index is -0.317. The average molecular weight is 358 g/mol. The van der Waals surface area contributed by atoms with Crippen molar-refractivity contribution in [3.8, 4) is 5.75 Å². The maximum Gasteiger partial charge on any atom is 0.234 e. The Balaban J connectivity index is 1.43. The van der Waals surface area contributed by atoms with E-state index in [2.05, 4.69) is 16.3 Å². The molecule has 2 aliphatic rings. The molecule has 6 heteroatoms. The highest BCUT2D eigenvalue weighted by Crippen LogP contribution is 2.49. The van der Waals surface area contributed by atoms with Gasteiger partial charge in [-0.2, -0.15) is 0 Å². The number of benzene rings is 1. The molecular formula is C19H22N2O3S. The van der Waals surface area contributed by atoms with E-state index in [0.29, 0.717) is 26.2 Å². The smallest absolute Gasteiger partial charge is 0.234 e.